The van der Waals surface area contributed by atoms with Gasteiger partial charge in [0.25, 0.3) is 5.91 Å². The van der Waals surface area contributed by atoms with Gasteiger partial charge < -0.3 is 15.1 Å². The Balaban J connectivity index is 1.49. The van der Waals surface area contributed by atoms with Gasteiger partial charge in [0.15, 0.2) is 5.13 Å². The van der Waals surface area contributed by atoms with E-state index in [1.54, 1.807) is 18.4 Å². The number of nitrogens with zero attached hydrogens (tertiary/aromatic N) is 1. The summed E-state index contributed by atoms with van der Waals surface area (Å²) in [5.74, 6) is 0.0116. The Hall–Kier alpha value is -3.46. The van der Waals surface area contributed by atoms with E-state index in [2.05, 4.69) is 20.9 Å². The van der Waals surface area contributed by atoms with E-state index in [1.165, 1.54) is 17.6 Å². The molecule has 0 aliphatic heterocycles. The second-order valence-corrected chi connectivity index (χ2v) is 7.80. The van der Waals surface area contributed by atoms with Gasteiger partial charge in [-0.25, -0.2) is 4.98 Å². The number of amides is 3. The zero-order valence-corrected chi connectivity index (χ0v) is 18.2. The third kappa shape index (κ3) is 6.51. The van der Waals surface area contributed by atoms with Gasteiger partial charge in [-0.15, -0.1) is 11.3 Å². The molecule has 3 amide bonds. The van der Waals surface area contributed by atoms with E-state index in [-0.39, 0.29) is 24.1 Å². The van der Waals surface area contributed by atoms with Gasteiger partial charge in [-0.3, -0.25) is 19.7 Å². The fourth-order valence-corrected chi connectivity index (χ4v) is 3.57. The van der Waals surface area contributed by atoms with Crippen LogP contribution in [0.4, 0.5) is 10.8 Å². The maximum atomic E-state index is 12.3. The highest BCUT2D eigenvalue weighted by Crippen LogP contribution is 2.18. The predicted molar refractivity (Wildman–Crippen MR) is 119 cm³/mol. The maximum Gasteiger partial charge on any atom is 0.260 e. The second kappa shape index (κ2) is 10.5. The number of aromatic nitrogens is 1. The summed E-state index contributed by atoms with van der Waals surface area (Å²) in [6, 6.07) is 8.96. The highest BCUT2D eigenvalue weighted by molar-refractivity contribution is 7.14. The molecular formula is C22H24N4O4S. The lowest BCUT2D eigenvalue weighted by molar-refractivity contribution is -0.120. The predicted octanol–water partition coefficient (Wildman–Crippen LogP) is 3.89. The smallest absolute Gasteiger partial charge is 0.260 e. The number of anilines is 2. The van der Waals surface area contributed by atoms with Gasteiger partial charge in [0.1, 0.15) is 5.76 Å². The zero-order chi connectivity index (χ0) is 22.2. The van der Waals surface area contributed by atoms with Crippen LogP contribution in [-0.2, 0) is 22.6 Å². The van der Waals surface area contributed by atoms with Crippen LogP contribution in [0, 0.1) is 6.92 Å². The molecule has 2 aromatic heterocycles. The number of carbonyl (C=O) groups is 3. The largest absolute Gasteiger partial charge is 0.469 e. The first-order chi connectivity index (χ1) is 14.9. The van der Waals surface area contributed by atoms with Crippen LogP contribution < -0.4 is 16.0 Å². The quantitative estimate of drug-likeness (QED) is 0.467. The van der Waals surface area contributed by atoms with Crippen molar-refractivity contribution < 1.29 is 18.8 Å². The number of nitrogens with one attached hydrogen (secondary N) is 3. The maximum absolute atomic E-state index is 12.3. The van der Waals surface area contributed by atoms with Gasteiger partial charge in [0.05, 0.1) is 23.9 Å². The Morgan fingerprint density at radius 1 is 1.13 bits per heavy atom. The van der Waals surface area contributed by atoms with E-state index < -0.39 is 0 Å². The molecule has 0 unspecified atom stereocenters. The SMILES string of the molecule is CCCC(=O)Nc1cccc(CNC(=O)Cc2csc(NC(=O)c3ccoc3C)n2)c1. The number of furan rings is 1. The average molecular weight is 441 g/mol. The Labute approximate surface area is 184 Å². The van der Waals surface area contributed by atoms with Crippen molar-refractivity contribution in [1.82, 2.24) is 10.3 Å². The summed E-state index contributed by atoms with van der Waals surface area (Å²) < 4.78 is 5.13. The Morgan fingerprint density at radius 3 is 2.71 bits per heavy atom. The highest BCUT2D eigenvalue weighted by atomic mass is 32.1. The fraction of sp³-hybridized carbons (Fsp3) is 0.273. The van der Waals surface area contributed by atoms with E-state index >= 15 is 0 Å². The normalized spacial score (nSPS) is 10.5. The van der Waals surface area contributed by atoms with Crippen molar-refractivity contribution in [2.45, 2.75) is 39.7 Å². The van der Waals surface area contributed by atoms with Crippen LogP contribution in [-0.4, -0.2) is 22.7 Å². The van der Waals surface area contributed by atoms with Gasteiger partial charge in [-0.1, -0.05) is 19.1 Å². The number of aryl methyl sites for hydroxylation is 1. The molecule has 162 valence electrons. The van der Waals surface area contributed by atoms with Crippen molar-refractivity contribution >= 4 is 39.9 Å². The molecule has 1 aromatic carbocycles. The zero-order valence-electron chi connectivity index (χ0n) is 17.4. The molecule has 0 aliphatic rings. The molecule has 3 aromatic rings. The summed E-state index contributed by atoms with van der Waals surface area (Å²) in [4.78, 5) is 40.5. The number of carbonyl (C=O) groups excluding carboxylic acids is 3. The van der Waals surface area contributed by atoms with Crippen molar-refractivity contribution in [3.8, 4) is 0 Å². The molecule has 2 heterocycles. The van der Waals surface area contributed by atoms with Crippen LogP contribution >= 0.6 is 11.3 Å². The minimum Gasteiger partial charge on any atom is -0.469 e. The monoisotopic (exact) mass is 440 g/mol. The first kappa shape index (κ1) is 22.2. The summed E-state index contributed by atoms with van der Waals surface area (Å²) in [5.41, 5.74) is 2.60. The lowest BCUT2D eigenvalue weighted by Gasteiger charge is -2.08. The van der Waals surface area contributed by atoms with Crippen molar-refractivity contribution in [1.29, 1.82) is 0 Å². The Morgan fingerprint density at radius 2 is 1.97 bits per heavy atom. The van der Waals surface area contributed by atoms with Crippen LogP contribution in [0.15, 0.2) is 46.4 Å². The molecule has 0 radical (unpaired) electrons. The summed E-state index contributed by atoms with van der Waals surface area (Å²) >= 11 is 1.26. The van der Waals surface area contributed by atoms with Gasteiger partial charge in [-0.05, 0) is 37.1 Å². The lowest BCUT2D eigenvalue weighted by atomic mass is 10.2. The van der Waals surface area contributed by atoms with Crippen LogP contribution in [0.5, 0.6) is 0 Å². The second-order valence-electron chi connectivity index (χ2n) is 6.94. The van der Waals surface area contributed by atoms with Crippen LogP contribution in [0.25, 0.3) is 0 Å². The Bertz CT molecular complexity index is 1070. The van der Waals surface area contributed by atoms with Crippen molar-refractivity contribution in [2.75, 3.05) is 10.6 Å². The van der Waals surface area contributed by atoms with E-state index in [4.69, 9.17) is 4.42 Å². The molecule has 9 heteroatoms. The van der Waals surface area contributed by atoms with E-state index in [0.29, 0.717) is 40.8 Å². The third-order valence-corrected chi connectivity index (χ3v) is 5.20. The van der Waals surface area contributed by atoms with Crippen LogP contribution in [0.3, 0.4) is 0 Å². The van der Waals surface area contributed by atoms with Gasteiger partial charge >= 0.3 is 0 Å². The van der Waals surface area contributed by atoms with E-state index in [0.717, 1.165) is 12.0 Å². The molecule has 0 saturated heterocycles. The van der Waals surface area contributed by atoms with Gasteiger partial charge in [0.2, 0.25) is 11.8 Å². The molecule has 3 N–H and O–H groups in total. The summed E-state index contributed by atoms with van der Waals surface area (Å²) in [7, 11) is 0. The first-order valence-electron chi connectivity index (χ1n) is 9.90. The summed E-state index contributed by atoms with van der Waals surface area (Å²) in [5, 5.41) is 10.6. The first-order valence-corrected chi connectivity index (χ1v) is 10.8. The molecule has 8 nitrogen and oxygen atoms in total. The molecule has 0 spiro atoms. The van der Waals surface area contributed by atoms with E-state index in [9.17, 15) is 14.4 Å². The highest BCUT2D eigenvalue weighted by Gasteiger charge is 2.14. The number of rotatable bonds is 9. The van der Waals surface area contributed by atoms with Gasteiger partial charge in [-0.2, -0.15) is 0 Å². The minimum atomic E-state index is -0.303. The van der Waals surface area contributed by atoms with E-state index in [1.807, 2.05) is 31.2 Å². The summed E-state index contributed by atoms with van der Waals surface area (Å²) in [6.45, 7) is 4.00. The minimum absolute atomic E-state index is 0.0296. The standard InChI is InChI=1S/C22H24N4O4S/c1-3-5-19(27)24-16-7-4-6-15(10-16)12-23-20(28)11-17-13-31-22(25-17)26-21(29)18-8-9-30-14(18)2/h4,6-10,13H,3,5,11-12H2,1-2H3,(H,23,28)(H,24,27)(H,25,26,29). The van der Waals surface area contributed by atoms with Crippen LogP contribution in [0.2, 0.25) is 0 Å². The molecule has 0 aliphatic carbocycles. The lowest BCUT2D eigenvalue weighted by Crippen LogP contribution is -2.24. The topological polar surface area (TPSA) is 113 Å². The van der Waals surface area contributed by atoms with Crippen molar-refractivity contribution in [3.63, 3.8) is 0 Å². The molecule has 0 atom stereocenters. The number of hydrogen-bond donors (Lipinski definition) is 3. The molecule has 31 heavy (non-hydrogen) atoms. The number of hydrogen-bond acceptors (Lipinski definition) is 6. The molecule has 3 rings (SSSR count). The molecule has 0 saturated carbocycles. The summed E-state index contributed by atoms with van der Waals surface area (Å²) in [6.07, 6.45) is 2.81. The number of thiazole rings is 1. The third-order valence-electron chi connectivity index (χ3n) is 4.39. The number of benzene rings is 1. The fourth-order valence-electron chi connectivity index (χ4n) is 2.87. The van der Waals surface area contributed by atoms with Crippen molar-refractivity contribution in [2.24, 2.45) is 0 Å². The average Bonchev–Trinajstić information content (AvgIpc) is 3.35. The van der Waals surface area contributed by atoms with Crippen molar-refractivity contribution in [3.05, 3.63) is 64.6 Å². The van der Waals surface area contributed by atoms with Gasteiger partial charge in [0, 0.05) is 24.0 Å². The molecular weight excluding hydrogens is 416 g/mol. The molecule has 0 fully saturated rings. The Kier molecular flexibility index (Phi) is 7.55. The molecule has 0 bridgehead atoms. The van der Waals surface area contributed by atoms with Crippen LogP contribution in [0.1, 0.15) is 47.1 Å².